The number of aromatic nitrogens is 1. The second-order valence-corrected chi connectivity index (χ2v) is 6.28. The average molecular weight is 345 g/mol. The van der Waals surface area contributed by atoms with E-state index in [0.29, 0.717) is 31.1 Å². The number of carbonyl (C=O) groups is 2. The van der Waals surface area contributed by atoms with Gasteiger partial charge in [0.1, 0.15) is 16.5 Å². The fourth-order valence-corrected chi connectivity index (χ4v) is 3.37. The summed E-state index contributed by atoms with van der Waals surface area (Å²) in [6, 6.07) is 7.43. The SMILES string of the molecule is CCN(CC)C(=O)c1csc(CN2C(=O)COc3ccccc32)n1. The van der Waals surface area contributed by atoms with Crippen molar-refractivity contribution in [3.8, 4) is 5.75 Å². The number of anilines is 1. The molecule has 0 spiro atoms. The van der Waals surface area contributed by atoms with Crippen molar-refractivity contribution in [2.24, 2.45) is 0 Å². The molecule has 3 rings (SSSR count). The fourth-order valence-electron chi connectivity index (χ4n) is 2.62. The standard InChI is InChI=1S/C17H19N3O3S/c1-3-19(4-2)17(22)12-11-24-15(18-12)9-20-13-7-5-6-8-14(13)23-10-16(20)21/h5-8,11H,3-4,9-10H2,1-2H3. The van der Waals surface area contributed by atoms with Crippen molar-refractivity contribution in [3.05, 3.63) is 40.3 Å². The molecule has 1 aliphatic heterocycles. The van der Waals surface area contributed by atoms with Crippen LogP contribution >= 0.6 is 11.3 Å². The van der Waals surface area contributed by atoms with Gasteiger partial charge in [0.05, 0.1) is 12.2 Å². The third-order valence-corrected chi connectivity index (χ3v) is 4.76. The number of amides is 2. The predicted molar refractivity (Wildman–Crippen MR) is 92.5 cm³/mol. The molecule has 2 amide bonds. The lowest BCUT2D eigenvalue weighted by Gasteiger charge is -2.28. The van der Waals surface area contributed by atoms with Crippen LogP contribution in [0.1, 0.15) is 29.3 Å². The van der Waals surface area contributed by atoms with Crippen molar-refractivity contribution in [3.63, 3.8) is 0 Å². The van der Waals surface area contributed by atoms with E-state index in [-0.39, 0.29) is 18.4 Å². The van der Waals surface area contributed by atoms with Crippen molar-refractivity contribution in [2.75, 3.05) is 24.6 Å². The number of rotatable bonds is 5. The summed E-state index contributed by atoms with van der Waals surface area (Å²) in [7, 11) is 0. The summed E-state index contributed by atoms with van der Waals surface area (Å²) in [5.41, 5.74) is 1.17. The van der Waals surface area contributed by atoms with Crippen LogP contribution in [0.5, 0.6) is 5.75 Å². The van der Waals surface area contributed by atoms with E-state index < -0.39 is 0 Å². The number of carbonyl (C=O) groups excluding carboxylic acids is 2. The van der Waals surface area contributed by atoms with Gasteiger partial charge in [-0.15, -0.1) is 11.3 Å². The van der Waals surface area contributed by atoms with Crippen molar-refractivity contribution >= 4 is 28.8 Å². The lowest BCUT2D eigenvalue weighted by Crippen LogP contribution is -2.38. The number of thiazole rings is 1. The molecular formula is C17H19N3O3S. The number of hydrogen-bond acceptors (Lipinski definition) is 5. The second kappa shape index (κ2) is 7.00. The first-order valence-electron chi connectivity index (χ1n) is 7.89. The summed E-state index contributed by atoms with van der Waals surface area (Å²) < 4.78 is 5.44. The minimum Gasteiger partial charge on any atom is -0.482 e. The molecule has 0 saturated heterocycles. The highest BCUT2D eigenvalue weighted by Gasteiger charge is 2.26. The van der Waals surface area contributed by atoms with Gasteiger partial charge in [0.2, 0.25) is 0 Å². The largest absolute Gasteiger partial charge is 0.482 e. The van der Waals surface area contributed by atoms with Crippen LogP contribution in [0.2, 0.25) is 0 Å². The van der Waals surface area contributed by atoms with Crippen LogP contribution in [0.4, 0.5) is 5.69 Å². The van der Waals surface area contributed by atoms with Gasteiger partial charge in [-0.3, -0.25) is 14.5 Å². The fraction of sp³-hybridized carbons (Fsp3) is 0.353. The monoisotopic (exact) mass is 345 g/mol. The molecule has 7 heteroatoms. The molecule has 0 saturated carbocycles. The van der Waals surface area contributed by atoms with Crippen molar-refractivity contribution in [1.29, 1.82) is 0 Å². The van der Waals surface area contributed by atoms with Crippen LogP contribution in [0.3, 0.4) is 0 Å². The number of ether oxygens (including phenoxy) is 1. The first kappa shape index (κ1) is 16.4. The number of fused-ring (bicyclic) bond motifs is 1. The third kappa shape index (κ3) is 3.12. The lowest BCUT2D eigenvalue weighted by molar-refractivity contribution is -0.121. The molecule has 0 N–H and O–H groups in total. The van der Waals surface area contributed by atoms with E-state index in [4.69, 9.17) is 4.74 Å². The zero-order chi connectivity index (χ0) is 17.1. The van der Waals surface area contributed by atoms with Gasteiger partial charge in [-0.1, -0.05) is 12.1 Å². The maximum atomic E-state index is 12.3. The summed E-state index contributed by atoms with van der Waals surface area (Å²) in [6.45, 7) is 5.55. The molecule has 2 heterocycles. The molecular weight excluding hydrogens is 326 g/mol. The van der Waals surface area contributed by atoms with Gasteiger partial charge < -0.3 is 9.64 Å². The molecule has 0 unspecified atom stereocenters. The highest BCUT2D eigenvalue weighted by atomic mass is 32.1. The molecule has 0 atom stereocenters. The number of hydrogen-bond donors (Lipinski definition) is 0. The average Bonchev–Trinajstić information content (AvgIpc) is 3.07. The molecule has 0 radical (unpaired) electrons. The van der Waals surface area contributed by atoms with Gasteiger partial charge in [-0.05, 0) is 26.0 Å². The topological polar surface area (TPSA) is 62.7 Å². The summed E-state index contributed by atoms with van der Waals surface area (Å²) in [5.74, 6) is 0.504. The van der Waals surface area contributed by atoms with E-state index in [9.17, 15) is 9.59 Å². The van der Waals surface area contributed by atoms with Crippen LogP contribution in [-0.2, 0) is 11.3 Å². The Labute approximate surface area is 144 Å². The Morgan fingerprint density at radius 2 is 2.08 bits per heavy atom. The van der Waals surface area contributed by atoms with Crippen molar-refractivity contribution in [2.45, 2.75) is 20.4 Å². The maximum Gasteiger partial charge on any atom is 0.273 e. The van der Waals surface area contributed by atoms with Gasteiger partial charge in [0, 0.05) is 18.5 Å². The van der Waals surface area contributed by atoms with E-state index in [1.54, 1.807) is 15.2 Å². The van der Waals surface area contributed by atoms with Gasteiger partial charge in [-0.25, -0.2) is 4.98 Å². The minimum atomic E-state index is -0.111. The minimum absolute atomic E-state index is 0.0215. The molecule has 0 fully saturated rings. The van der Waals surface area contributed by atoms with Gasteiger partial charge in [0.25, 0.3) is 11.8 Å². The molecule has 0 bridgehead atoms. The maximum absolute atomic E-state index is 12.3. The highest BCUT2D eigenvalue weighted by Crippen LogP contribution is 2.32. The van der Waals surface area contributed by atoms with Crippen LogP contribution in [0.15, 0.2) is 29.6 Å². The van der Waals surface area contributed by atoms with E-state index in [0.717, 1.165) is 10.7 Å². The molecule has 2 aromatic rings. The molecule has 0 aliphatic carbocycles. The predicted octanol–water partition coefficient (Wildman–Crippen LogP) is 2.55. The Morgan fingerprint density at radius 1 is 1.33 bits per heavy atom. The Kier molecular flexibility index (Phi) is 4.80. The summed E-state index contributed by atoms with van der Waals surface area (Å²) in [5, 5.41) is 2.49. The molecule has 6 nitrogen and oxygen atoms in total. The first-order valence-corrected chi connectivity index (χ1v) is 8.77. The number of para-hydroxylation sites is 2. The third-order valence-electron chi connectivity index (χ3n) is 3.92. The highest BCUT2D eigenvalue weighted by molar-refractivity contribution is 7.09. The van der Waals surface area contributed by atoms with E-state index >= 15 is 0 Å². The van der Waals surface area contributed by atoms with Crippen molar-refractivity contribution < 1.29 is 14.3 Å². The summed E-state index contributed by atoms with van der Waals surface area (Å²) in [6.07, 6.45) is 0. The Hall–Kier alpha value is -2.41. The molecule has 1 aromatic heterocycles. The van der Waals surface area contributed by atoms with Gasteiger partial charge in [0.15, 0.2) is 6.61 Å². The van der Waals surface area contributed by atoms with Gasteiger partial charge >= 0.3 is 0 Å². The van der Waals surface area contributed by atoms with Crippen LogP contribution in [0, 0.1) is 0 Å². The molecule has 126 valence electrons. The van der Waals surface area contributed by atoms with Crippen LogP contribution in [-0.4, -0.2) is 41.4 Å². The Morgan fingerprint density at radius 3 is 2.83 bits per heavy atom. The normalized spacial score (nSPS) is 13.4. The zero-order valence-corrected chi connectivity index (χ0v) is 14.5. The molecule has 1 aromatic carbocycles. The molecule has 24 heavy (non-hydrogen) atoms. The Bertz CT molecular complexity index is 755. The van der Waals surface area contributed by atoms with E-state index in [2.05, 4.69) is 4.98 Å². The van der Waals surface area contributed by atoms with Crippen molar-refractivity contribution in [1.82, 2.24) is 9.88 Å². The van der Waals surface area contributed by atoms with Crippen LogP contribution in [0.25, 0.3) is 0 Å². The second-order valence-electron chi connectivity index (χ2n) is 5.34. The Balaban J connectivity index is 1.80. The van der Waals surface area contributed by atoms with Gasteiger partial charge in [-0.2, -0.15) is 0 Å². The zero-order valence-electron chi connectivity index (χ0n) is 13.7. The molecule has 1 aliphatic rings. The van der Waals surface area contributed by atoms with E-state index in [1.165, 1.54) is 11.3 Å². The summed E-state index contributed by atoms with van der Waals surface area (Å²) >= 11 is 1.39. The quantitative estimate of drug-likeness (QED) is 0.835. The lowest BCUT2D eigenvalue weighted by atomic mass is 10.2. The summed E-state index contributed by atoms with van der Waals surface area (Å²) in [4.78, 5) is 32.4. The van der Waals surface area contributed by atoms with Crippen LogP contribution < -0.4 is 9.64 Å². The van der Waals surface area contributed by atoms with E-state index in [1.807, 2.05) is 38.1 Å². The number of benzene rings is 1. The smallest absolute Gasteiger partial charge is 0.273 e. The first-order chi connectivity index (χ1) is 11.6. The number of nitrogens with zero attached hydrogens (tertiary/aromatic N) is 3.